The minimum atomic E-state index is -4.14. The van der Waals surface area contributed by atoms with Crippen molar-refractivity contribution in [1.29, 1.82) is 0 Å². The Bertz CT molecular complexity index is 936. The summed E-state index contributed by atoms with van der Waals surface area (Å²) in [6.45, 7) is 1.97. The smallest absolute Gasteiger partial charge is 0.337 e. The summed E-state index contributed by atoms with van der Waals surface area (Å²) in [6.07, 6.45) is 2.12. The zero-order chi connectivity index (χ0) is 19.3. The number of sulfonamides is 1. The Kier molecular flexibility index (Phi) is 5.99. The van der Waals surface area contributed by atoms with Gasteiger partial charge in [0.25, 0.3) is 10.0 Å². The van der Waals surface area contributed by atoms with Crippen molar-refractivity contribution in [1.82, 2.24) is 0 Å². The van der Waals surface area contributed by atoms with Crippen LogP contribution in [0.5, 0.6) is 0 Å². The summed E-state index contributed by atoms with van der Waals surface area (Å²) in [5.41, 5.74) is 0.480. The quantitative estimate of drug-likeness (QED) is 0.649. The van der Waals surface area contributed by atoms with E-state index in [9.17, 15) is 28.2 Å². The number of nitrogens with one attached hydrogen (secondary N) is 1. The second-order valence-corrected chi connectivity index (χ2v) is 7.34. The van der Waals surface area contributed by atoms with Crippen LogP contribution in [0, 0.1) is 0 Å². The van der Waals surface area contributed by atoms with Crippen LogP contribution in [-0.4, -0.2) is 30.6 Å². The van der Waals surface area contributed by atoms with Crippen LogP contribution in [0.2, 0.25) is 0 Å². The van der Waals surface area contributed by atoms with Gasteiger partial charge in [-0.1, -0.05) is 25.5 Å². The van der Waals surface area contributed by atoms with Crippen molar-refractivity contribution in [2.24, 2.45) is 0 Å². The Balaban J connectivity index is 2.41. The van der Waals surface area contributed by atoms with E-state index in [4.69, 9.17) is 0 Å². The monoisotopic (exact) mass is 377 g/mol. The van der Waals surface area contributed by atoms with Gasteiger partial charge in [0.1, 0.15) is 4.90 Å². The molecule has 0 heterocycles. The van der Waals surface area contributed by atoms with E-state index in [-0.39, 0.29) is 21.7 Å². The molecule has 2 aromatic rings. The van der Waals surface area contributed by atoms with Gasteiger partial charge in [-0.15, -0.1) is 0 Å². The van der Waals surface area contributed by atoms with E-state index in [0.717, 1.165) is 12.8 Å². The Morgan fingerprint density at radius 2 is 1.65 bits per heavy atom. The second-order valence-electron chi connectivity index (χ2n) is 5.69. The lowest BCUT2D eigenvalue weighted by Gasteiger charge is -2.13. The van der Waals surface area contributed by atoms with Crippen molar-refractivity contribution in [3.05, 3.63) is 59.2 Å². The van der Waals surface area contributed by atoms with E-state index in [1.165, 1.54) is 42.5 Å². The zero-order valence-corrected chi connectivity index (χ0v) is 14.9. The summed E-state index contributed by atoms with van der Waals surface area (Å²) in [5.74, 6) is -2.43. The van der Waals surface area contributed by atoms with Gasteiger partial charge in [0.05, 0.1) is 11.1 Å². The molecular formula is C18H19NO6S. The molecule has 138 valence electrons. The van der Waals surface area contributed by atoms with Crippen LogP contribution in [0.25, 0.3) is 0 Å². The Morgan fingerprint density at radius 3 is 2.27 bits per heavy atom. The fourth-order valence-corrected chi connectivity index (χ4v) is 3.78. The van der Waals surface area contributed by atoms with Gasteiger partial charge in [0, 0.05) is 5.69 Å². The second kappa shape index (κ2) is 8.01. The first kappa shape index (κ1) is 19.5. The largest absolute Gasteiger partial charge is 0.478 e. The molecule has 8 heteroatoms. The number of aryl methyl sites for hydroxylation is 1. The fraction of sp³-hybridized carbons (Fsp3) is 0.222. The number of carbonyl (C=O) groups is 2. The molecular weight excluding hydrogens is 358 g/mol. The number of unbranched alkanes of at least 4 members (excludes halogenated alkanes) is 1. The highest BCUT2D eigenvalue weighted by Gasteiger charge is 2.22. The molecule has 0 atom stereocenters. The third kappa shape index (κ3) is 4.40. The van der Waals surface area contributed by atoms with E-state index < -0.39 is 22.0 Å². The predicted octanol–water partition coefficient (Wildman–Crippen LogP) is 3.23. The molecule has 0 aromatic heterocycles. The topological polar surface area (TPSA) is 121 Å². The molecule has 3 N–H and O–H groups in total. The average molecular weight is 377 g/mol. The molecule has 0 spiro atoms. The average Bonchev–Trinajstić information content (AvgIpc) is 2.59. The maximum Gasteiger partial charge on any atom is 0.337 e. The van der Waals surface area contributed by atoms with Gasteiger partial charge >= 0.3 is 11.9 Å². The van der Waals surface area contributed by atoms with Crippen LogP contribution in [0.3, 0.4) is 0 Å². The molecule has 2 rings (SSSR count). The van der Waals surface area contributed by atoms with Crippen molar-refractivity contribution in [3.63, 3.8) is 0 Å². The van der Waals surface area contributed by atoms with Crippen LogP contribution in [0.4, 0.5) is 5.69 Å². The number of aromatic carboxylic acids is 2. The van der Waals surface area contributed by atoms with Gasteiger partial charge in [-0.3, -0.25) is 4.72 Å². The Hall–Kier alpha value is -2.87. The van der Waals surface area contributed by atoms with Crippen molar-refractivity contribution in [3.8, 4) is 0 Å². The number of rotatable bonds is 8. The lowest BCUT2D eigenvalue weighted by Crippen LogP contribution is -2.17. The first-order valence-electron chi connectivity index (χ1n) is 7.97. The summed E-state index contributed by atoms with van der Waals surface area (Å²) < 4.78 is 27.5. The van der Waals surface area contributed by atoms with Crippen molar-refractivity contribution >= 4 is 27.6 Å². The van der Waals surface area contributed by atoms with Crippen LogP contribution < -0.4 is 4.72 Å². The highest BCUT2D eigenvalue weighted by atomic mass is 32.2. The molecule has 0 unspecified atom stereocenters. The number of benzene rings is 2. The van der Waals surface area contributed by atoms with E-state index in [1.807, 2.05) is 6.92 Å². The number of hydrogen-bond donors (Lipinski definition) is 3. The molecule has 0 aliphatic carbocycles. The highest BCUT2D eigenvalue weighted by Crippen LogP contribution is 2.23. The van der Waals surface area contributed by atoms with Gasteiger partial charge in [0.2, 0.25) is 0 Å². The lowest BCUT2D eigenvalue weighted by molar-refractivity contribution is 0.0683. The molecule has 0 fully saturated rings. The molecule has 26 heavy (non-hydrogen) atoms. The summed E-state index contributed by atoms with van der Waals surface area (Å²) in [4.78, 5) is 22.2. The Labute approximate surface area is 151 Å². The van der Waals surface area contributed by atoms with Gasteiger partial charge in [0.15, 0.2) is 0 Å². The van der Waals surface area contributed by atoms with E-state index in [2.05, 4.69) is 4.72 Å². The Morgan fingerprint density at radius 1 is 1.00 bits per heavy atom. The van der Waals surface area contributed by atoms with E-state index in [1.54, 1.807) is 0 Å². The molecule has 0 aliphatic heterocycles. The first-order valence-corrected chi connectivity index (χ1v) is 9.46. The molecule has 0 saturated carbocycles. The van der Waals surface area contributed by atoms with E-state index in [0.29, 0.717) is 12.0 Å². The van der Waals surface area contributed by atoms with Crippen LogP contribution in [0.15, 0.2) is 47.4 Å². The molecule has 0 amide bonds. The summed E-state index contributed by atoms with van der Waals surface area (Å²) in [5, 5.41) is 18.4. The standard InChI is InChI=1S/C18H19NO6S/c1-2-3-6-12-11-13(9-10-14(12)17(20)21)19-26(24,25)16-8-5-4-7-15(16)18(22)23/h4-5,7-11,19H,2-3,6H2,1H3,(H,20,21)(H,22,23). The molecule has 0 bridgehead atoms. The maximum absolute atomic E-state index is 12.6. The normalized spacial score (nSPS) is 11.1. The third-order valence-corrected chi connectivity index (χ3v) is 5.23. The number of carboxylic acid groups (broad SMARTS) is 2. The molecule has 2 aromatic carbocycles. The number of anilines is 1. The highest BCUT2D eigenvalue weighted by molar-refractivity contribution is 7.92. The lowest BCUT2D eigenvalue weighted by atomic mass is 10.0. The summed E-state index contributed by atoms with van der Waals surface area (Å²) >= 11 is 0. The van der Waals surface area contributed by atoms with Crippen LogP contribution in [0.1, 0.15) is 46.0 Å². The van der Waals surface area contributed by atoms with Crippen LogP contribution in [-0.2, 0) is 16.4 Å². The van der Waals surface area contributed by atoms with Gasteiger partial charge in [-0.2, -0.15) is 0 Å². The number of carboxylic acids is 2. The fourth-order valence-electron chi connectivity index (χ4n) is 2.53. The summed E-state index contributed by atoms with van der Waals surface area (Å²) in [7, 11) is -4.14. The van der Waals surface area contributed by atoms with Gasteiger partial charge in [-0.25, -0.2) is 18.0 Å². The van der Waals surface area contributed by atoms with Crippen LogP contribution >= 0.6 is 0 Å². The minimum Gasteiger partial charge on any atom is -0.478 e. The van der Waals surface area contributed by atoms with Crippen molar-refractivity contribution < 1.29 is 28.2 Å². The van der Waals surface area contributed by atoms with Crippen molar-refractivity contribution in [2.45, 2.75) is 31.1 Å². The molecule has 0 aliphatic rings. The summed E-state index contributed by atoms with van der Waals surface area (Å²) in [6, 6.07) is 9.44. The maximum atomic E-state index is 12.6. The molecule has 7 nitrogen and oxygen atoms in total. The van der Waals surface area contributed by atoms with Crippen molar-refractivity contribution in [2.75, 3.05) is 4.72 Å². The van der Waals surface area contributed by atoms with Gasteiger partial charge in [-0.05, 0) is 48.7 Å². The predicted molar refractivity (Wildman–Crippen MR) is 96.2 cm³/mol. The SMILES string of the molecule is CCCCc1cc(NS(=O)(=O)c2ccccc2C(=O)O)ccc1C(=O)O. The number of hydrogen-bond acceptors (Lipinski definition) is 4. The molecule has 0 radical (unpaired) electrons. The van der Waals surface area contributed by atoms with Gasteiger partial charge < -0.3 is 10.2 Å². The zero-order valence-electron chi connectivity index (χ0n) is 14.1. The minimum absolute atomic E-state index is 0.118. The van der Waals surface area contributed by atoms with E-state index >= 15 is 0 Å². The molecule has 0 saturated heterocycles. The first-order chi connectivity index (χ1) is 12.3. The third-order valence-electron chi connectivity index (χ3n) is 3.79.